The molecule has 0 spiro atoms. The summed E-state index contributed by atoms with van der Waals surface area (Å²) in [5.74, 6) is -0.378. The second-order valence-corrected chi connectivity index (χ2v) is 8.26. The van der Waals surface area contributed by atoms with E-state index in [0.29, 0.717) is 11.4 Å². The normalized spacial score (nSPS) is 11.2. The van der Waals surface area contributed by atoms with Gasteiger partial charge in [-0.05, 0) is 62.1 Å². The van der Waals surface area contributed by atoms with E-state index in [4.69, 9.17) is 0 Å². The van der Waals surface area contributed by atoms with Crippen molar-refractivity contribution in [3.05, 3.63) is 58.7 Å². The molecular formula is C19H24N2O3S. The van der Waals surface area contributed by atoms with E-state index in [-0.39, 0.29) is 12.5 Å². The van der Waals surface area contributed by atoms with Crippen molar-refractivity contribution in [2.24, 2.45) is 0 Å². The first-order valence-electron chi connectivity index (χ1n) is 8.00. The fourth-order valence-corrected chi connectivity index (χ4v) is 3.68. The molecule has 134 valence electrons. The quantitative estimate of drug-likeness (QED) is 0.889. The first-order valence-corrected chi connectivity index (χ1v) is 9.85. The lowest BCUT2D eigenvalue weighted by atomic mass is 10.1. The van der Waals surface area contributed by atoms with Crippen molar-refractivity contribution in [1.82, 2.24) is 0 Å². The predicted octanol–water partition coefficient (Wildman–Crippen LogP) is 3.32. The van der Waals surface area contributed by atoms with Crippen molar-refractivity contribution in [1.29, 1.82) is 0 Å². The van der Waals surface area contributed by atoms with E-state index in [2.05, 4.69) is 5.32 Å². The van der Waals surface area contributed by atoms with Crippen LogP contribution in [0.3, 0.4) is 0 Å². The molecule has 6 heteroatoms. The Morgan fingerprint density at radius 1 is 0.960 bits per heavy atom. The molecule has 0 aliphatic carbocycles. The van der Waals surface area contributed by atoms with Gasteiger partial charge in [-0.2, -0.15) is 0 Å². The Labute approximate surface area is 149 Å². The van der Waals surface area contributed by atoms with Gasteiger partial charge in [0.05, 0.1) is 11.9 Å². The summed E-state index contributed by atoms with van der Waals surface area (Å²) in [5, 5.41) is 2.78. The SMILES string of the molecule is Cc1ccc(NC(=O)CN(c2c(C)cccc2C)S(C)(=O)=O)cc1C. The molecule has 0 saturated carbocycles. The highest BCUT2D eigenvalue weighted by Gasteiger charge is 2.23. The molecule has 0 heterocycles. The number of nitrogens with one attached hydrogen (secondary N) is 1. The molecule has 0 aliphatic rings. The van der Waals surface area contributed by atoms with Crippen molar-refractivity contribution < 1.29 is 13.2 Å². The third-order valence-electron chi connectivity index (χ3n) is 4.17. The highest BCUT2D eigenvalue weighted by Crippen LogP contribution is 2.26. The number of anilines is 2. The second kappa shape index (κ2) is 7.27. The lowest BCUT2D eigenvalue weighted by molar-refractivity contribution is -0.114. The number of hydrogen-bond acceptors (Lipinski definition) is 3. The smallest absolute Gasteiger partial charge is 0.245 e. The van der Waals surface area contributed by atoms with Gasteiger partial charge in [-0.3, -0.25) is 9.10 Å². The standard InChI is InChI=1S/C19H24N2O3S/c1-13-9-10-17(11-16(13)4)20-18(22)12-21(25(5,23)24)19-14(2)7-6-8-15(19)3/h6-11H,12H2,1-5H3,(H,20,22). The van der Waals surface area contributed by atoms with E-state index in [1.807, 2.05) is 64.1 Å². The maximum Gasteiger partial charge on any atom is 0.245 e. The number of benzene rings is 2. The Balaban J connectivity index is 2.29. The van der Waals surface area contributed by atoms with Crippen LogP contribution >= 0.6 is 0 Å². The van der Waals surface area contributed by atoms with Crippen LogP contribution in [0.25, 0.3) is 0 Å². The molecule has 0 aromatic heterocycles. The molecule has 0 fully saturated rings. The molecule has 0 atom stereocenters. The molecule has 0 bridgehead atoms. The number of sulfonamides is 1. The Hall–Kier alpha value is -2.34. The number of para-hydroxylation sites is 1. The zero-order valence-corrected chi connectivity index (χ0v) is 16.1. The average molecular weight is 360 g/mol. The van der Waals surface area contributed by atoms with Gasteiger partial charge in [-0.25, -0.2) is 8.42 Å². The van der Waals surface area contributed by atoms with Crippen LogP contribution in [0.4, 0.5) is 11.4 Å². The van der Waals surface area contributed by atoms with E-state index in [9.17, 15) is 13.2 Å². The molecule has 25 heavy (non-hydrogen) atoms. The average Bonchev–Trinajstić information content (AvgIpc) is 2.49. The maximum absolute atomic E-state index is 12.4. The Morgan fingerprint density at radius 2 is 1.56 bits per heavy atom. The number of nitrogens with zero attached hydrogens (tertiary/aromatic N) is 1. The lowest BCUT2D eigenvalue weighted by Gasteiger charge is -2.25. The minimum absolute atomic E-state index is 0.266. The summed E-state index contributed by atoms with van der Waals surface area (Å²) in [5.41, 5.74) is 5.02. The topological polar surface area (TPSA) is 66.5 Å². The largest absolute Gasteiger partial charge is 0.325 e. The first kappa shape index (κ1) is 19.0. The zero-order valence-electron chi connectivity index (χ0n) is 15.3. The summed E-state index contributed by atoms with van der Waals surface area (Å²) in [7, 11) is -3.59. The number of rotatable bonds is 5. The highest BCUT2D eigenvalue weighted by molar-refractivity contribution is 7.92. The molecule has 0 unspecified atom stereocenters. The predicted molar refractivity (Wildman–Crippen MR) is 103 cm³/mol. The second-order valence-electron chi connectivity index (χ2n) is 6.36. The molecule has 2 aromatic carbocycles. The third kappa shape index (κ3) is 4.60. The van der Waals surface area contributed by atoms with Crippen molar-refractivity contribution >= 4 is 27.3 Å². The van der Waals surface area contributed by atoms with Gasteiger partial charge in [0.15, 0.2) is 0 Å². The van der Waals surface area contributed by atoms with Gasteiger partial charge in [0, 0.05) is 5.69 Å². The van der Waals surface area contributed by atoms with Gasteiger partial charge in [0.2, 0.25) is 15.9 Å². The van der Waals surface area contributed by atoms with Crippen LogP contribution in [0.1, 0.15) is 22.3 Å². The van der Waals surface area contributed by atoms with Crippen molar-refractivity contribution in [2.75, 3.05) is 22.4 Å². The van der Waals surface area contributed by atoms with E-state index in [1.165, 1.54) is 0 Å². The highest BCUT2D eigenvalue weighted by atomic mass is 32.2. The molecule has 0 saturated heterocycles. The lowest BCUT2D eigenvalue weighted by Crippen LogP contribution is -2.38. The van der Waals surface area contributed by atoms with Crippen LogP contribution < -0.4 is 9.62 Å². The number of carbonyl (C=O) groups excluding carboxylic acids is 1. The molecule has 0 aliphatic heterocycles. The number of amides is 1. The van der Waals surface area contributed by atoms with Gasteiger partial charge in [0.1, 0.15) is 6.54 Å². The van der Waals surface area contributed by atoms with Crippen LogP contribution in [0.2, 0.25) is 0 Å². The number of aryl methyl sites for hydroxylation is 4. The molecule has 1 N–H and O–H groups in total. The third-order valence-corrected chi connectivity index (χ3v) is 5.28. The maximum atomic E-state index is 12.4. The number of hydrogen-bond donors (Lipinski definition) is 1. The fraction of sp³-hybridized carbons (Fsp3) is 0.316. The van der Waals surface area contributed by atoms with Gasteiger partial charge < -0.3 is 5.32 Å². The fourth-order valence-electron chi connectivity index (χ4n) is 2.71. The van der Waals surface area contributed by atoms with E-state index in [0.717, 1.165) is 32.8 Å². The summed E-state index contributed by atoms with van der Waals surface area (Å²) in [6, 6.07) is 11.1. The van der Waals surface area contributed by atoms with Crippen LogP contribution in [-0.4, -0.2) is 27.1 Å². The monoisotopic (exact) mass is 360 g/mol. The van der Waals surface area contributed by atoms with Crippen molar-refractivity contribution in [2.45, 2.75) is 27.7 Å². The summed E-state index contributed by atoms with van der Waals surface area (Å²) in [6.45, 7) is 7.36. The van der Waals surface area contributed by atoms with Crippen LogP contribution in [-0.2, 0) is 14.8 Å². The van der Waals surface area contributed by atoms with Crippen LogP contribution in [0.15, 0.2) is 36.4 Å². The Kier molecular flexibility index (Phi) is 5.52. The summed E-state index contributed by atoms with van der Waals surface area (Å²) < 4.78 is 25.7. The molecule has 2 aromatic rings. The van der Waals surface area contributed by atoms with Crippen molar-refractivity contribution in [3.8, 4) is 0 Å². The minimum atomic E-state index is -3.59. The van der Waals surface area contributed by atoms with E-state index in [1.54, 1.807) is 0 Å². The molecular weight excluding hydrogens is 336 g/mol. The number of carbonyl (C=O) groups is 1. The van der Waals surface area contributed by atoms with E-state index >= 15 is 0 Å². The van der Waals surface area contributed by atoms with Gasteiger partial charge in [-0.1, -0.05) is 24.3 Å². The zero-order chi connectivity index (χ0) is 18.8. The van der Waals surface area contributed by atoms with Crippen molar-refractivity contribution in [3.63, 3.8) is 0 Å². The van der Waals surface area contributed by atoms with E-state index < -0.39 is 10.0 Å². The Bertz CT molecular complexity index is 885. The molecule has 5 nitrogen and oxygen atoms in total. The van der Waals surface area contributed by atoms with Gasteiger partial charge in [0.25, 0.3) is 0 Å². The van der Waals surface area contributed by atoms with Crippen LogP contribution in [0.5, 0.6) is 0 Å². The Morgan fingerprint density at radius 3 is 2.08 bits per heavy atom. The summed E-state index contributed by atoms with van der Waals surface area (Å²) in [4.78, 5) is 12.4. The summed E-state index contributed by atoms with van der Waals surface area (Å²) in [6.07, 6.45) is 1.11. The molecule has 1 amide bonds. The van der Waals surface area contributed by atoms with Crippen LogP contribution in [0, 0.1) is 27.7 Å². The first-order chi connectivity index (χ1) is 11.6. The summed E-state index contributed by atoms with van der Waals surface area (Å²) >= 11 is 0. The minimum Gasteiger partial charge on any atom is -0.325 e. The molecule has 0 radical (unpaired) electrons. The molecule has 2 rings (SSSR count). The van der Waals surface area contributed by atoms with Gasteiger partial charge in [-0.15, -0.1) is 0 Å². The van der Waals surface area contributed by atoms with Gasteiger partial charge >= 0.3 is 0 Å².